The van der Waals surface area contributed by atoms with Crippen molar-refractivity contribution in [1.82, 2.24) is 20.6 Å². The number of carboxylic acid groups (broad SMARTS) is 1. The maximum Gasteiger partial charge on any atom is 0.429 e. The fraction of sp³-hybridized carbons (Fsp3) is 0.478. The third kappa shape index (κ3) is 4.87. The Morgan fingerprint density at radius 1 is 1.25 bits per heavy atom. The van der Waals surface area contributed by atoms with Crippen LogP contribution in [0.5, 0.6) is 5.88 Å². The van der Waals surface area contributed by atoms with Gasteiger partial charge in [0.05, 0.1) is 12.0 Å². The number of piperidine rings is 1. The standard InChI is InChI=1S/C23H26F3N7O3/c24-23(25,26)19(13-1-2-15-14(7-13)10-28-12-30-15)36-18-8-17(31-21(27)32-18)33-5-3-22(4-6-33)9-16(20(34)35)29-11-22/h1-2,7-8,12,16,19,29H,3-6,9-11H2,(H,28,30)(H,34,35)(H2,27,31,32)/t16?,19-/m1/s1. The Kier molecular flexibility index (Phi) is 6.10. The molecule has 2 saturated heterocycles. The number of nitrogen functional groups attached to an aromatic ring is 1. The van der Waals surface area contributed by atoms with Crippen LogP contribution in [0, 0.1) is 5.41 Å². The summed E-state index contributed by atoms with van der Waals surface area (Å²) in [5.74, 6) is -0.955. The topological polar surface area (TPSA) is 138 Å². The number of aliphatic imine (C=N–C) groups is 1. The largest absolute Gasteiger partial charge is 0.480 e. The molecule has 0 amide bonds. The van der Waals surface area contributed by atoms with Crippen LogP contribution < -0.4 is 26.0 Å². The van der Waals surface area contributed by atoms with Gasteiger partial charge in [-0.3, -0.25) is 4.79 Å². The van der Waals surface area contributed by atoms with Gasteiger partial charge in [0.2, 0.25) is 17.9 Å². The van der Waals surface area contributed by atoms with Crippen LogP contribution in [0.15, 0.2) is 29.3 Å². The number of nitrogens with two attached hydrogens (primary N) is 1. The molecule has 1 aromatic carbocycles. The van der Waals surface area contributed by atoms with Crippen LogP contribution in [0.4, 0.5) is 30.6 Å². The second-order valence-corrected chi connectivity index (χ2v) is 9.45. The van der Waals surface area contributed by atoms with E-state index in [0.29, 0.717) is 49.7 Å². The summed E-state index contributed by atoms with van der Waals surface area (Å²) in [6.07, 6.45) is -3.46. The predicted molar refractivity (Wildman–Crippen MR) is 125 cm³/mol. The van der Waals surface area contributed by atoms with Crippen molar-refractivity contribution in [3.63, 3.8) is 0 Å². The maximum atomic E-state index is 14.0. The van der Waals surface area contributed by atoms with Crippen molar-refractivity contribution in [2.24, 2.45) is 10.4 Å². The first-order valence-electron chi connectivity index (χ1n) is 11.6. The lowest BCUT2D eigenvalue weighted by Gasteiger charge is -2.39. The molecule has 1 spiro atoms. The third-order valence-electron chi connectivity index (χ3n) is 7.04. The molecule has 3 aliphatic heterocycles. The van der Waals surface area contributed by atoms with Gasteiger partial charge in [0.15, 0.2) is 0 Å². The van der Waals surface area contributed by atoms with Gasteiger partial charge in [-0.25, -0.2) is 4.99 Å². The number of rotatable bonds is 5. The van der Waals surface area contributed by atoms with Crippen LogP contribution in [0.25, 0.3) is 0 Å². The van der Waals surface area contributed by atoms with Gasteiger partial charge in [-0.2, -0.15) is 23.1 Å². The van der Waals surface area contributed by atoms with Crippen molar-refractivity contribution in [3.05, 3.63) is 35.4 Å². The molecule has 5 N–H and O–H groups in total. The highest BCUT2D eigenvalue weighted by Crippen LogP contribution is 2.42. The number of aromatic nitrogens is 2. The van der Waals surface area contributed by atoms with Crippen LogP contribution in [0.2, 0.25) is 0 Å². The highest BCUT2D eigenvalue weighted by Gasteiger charge is 2.45. The van der Waals surface area contributed by atoms with Crippen LogP contribution >= 0.6 is 0 Å². The second-order valence-electron chi connectivity index (χ2n) is 9.45. The molecule has 0 bridgehead atoms. The van der Waals surface area contributed by atoms with Gasteiger partial charge in [0.25, 0.3) is 0 Å². The minimum absolute atomic E-state index is 0.0690. The molecular formula is C23H26F3N7O3. The molecule has 10 nitrogen and oxygen atoms in total. The second kappa shape index (κ2) is 9.12. The Hall–Kier alpha value is -3.61. The Balaban J connectivity index is 1.34. The van der Waals surface area contributed by atoms with Gasteiger partial charge in [0.1, 0.15) is 11.9 Å². The Morgan fingerprint density at radius 3 is 2.72 bits per heavy atom. The number of halogens is 3. The zero-order valence-corrected chi connectivity index (χ0v) is 19.3. The number of carbonyl (C=O) groups is 1. The molecule has 4 heterocycles. The molecule has 192 valence electrons. The van der Waals surface area contributed by atoms with Gasteiger partial charge in [0, 0.05) is 37.8 Å². The van der Waals surface area contributed by atoms with Gasteiger partial charge in [-0.05, 0) is 42.4 Å². The fourth-order valence-electron chi connectivity index (χ4n) is 5.09. The van der Waals surface area contributed by atoms with E-state index in [9.17, 15) is 23.1 Å². The normalized spacial score (nSPS) is 21.6. The average Bonchev–Trinajstić information content (AvgIpc) is 3.25. The van der Waals surface area contributed by atoms with Crippen LogP contribution in [-0.4, -0.2) is 59.2 Å². The number of nitrogens with one attached hydrogen (secondary N) is 2. The van der Waals surface area contributed by atoms with E-state index >= 15 is 0 Å². The van der Waals surface area contributed by atoms with Crippen molar-refractivity contribution in [2.45, 2.75) is 44.1 Å². The van der Waals surface area contributed by atoms with Crippen molar-refractivity contribution in [3.8, 4) is 5.88 Å². The fourth-order valence-corrected chi connectivity index (χ4v) is 5.09. The van der Waals surface area contributed by atoms with Gasteiger partial charge < -0.3 is 31.1 Å². The number of hydrogen-bond donors (Lipinski definition) is 4. The SMILES string of the molecule is Nc1nc(O[C@H](c2ccc3c(c2)CNC=N3)C(F)(F)F)cc(N2CCC3(CC2)CNC(C(=O)O)C3)n1. The zero-order valence-electron chi connectivity index (χ0n) is 19.3. The quantitative estimate of drug-likeness (QED) is 0.483. The lowest BCUT2D eigenvalue weighted by atomic mass is 9.76. The average molecular weight is 506 g/mol. The molecule has 2 fully saturated rings. The first-order valence-corrected chi connectivity index (χ1v) is 11.6. The first-order chi connectivity index (χ1) is 17.1. The maximum absolute atomic E-state index is 14.0. The molecule has 0 radical (unpaired) electrons. The van der Waals surface area contributed by atoms with E-state index in [1.165, 1.54) is 30.6 Å². The van der Waals surface area contributed by atoms with E-state index in [4.69, 9.17) is 10.5 Å². The summed E-state index contributed by atoms with van der Waals surface area (Å²) in [5, 5.41) is 15.2. The van der Waals surface area contributed by atoms with E-state index in [2.05, 4.69) is 25.6 Å². The molecule has 0 saturated carbocycles. The molecule has 1 aromatic heterocycles. The smallest absolute Gasteiger partial charge is 0.429 e. The van der Waals surface area contributed by atoms with Gasteiger partial charge in [-0.15, -0.1) is 0 Å². The van der Waals surface area contributed by atoms with E-state index in [1.54, 1.807) is 0 Å². The number of ether oxygens (including phenoxy) is 1. The summed E-state index contributed by atoms with van der Waals surface area (Å²) in [5.41, 5.74) is 6.88. The molecule has 3 aliphatic rings. The molecular weight excluding hydrogens is 479 g/mol. The van der Waals surface area contributed by atoms with E-state index in [1.807, 2.05) is 4.90 Å². The Labute approximate surface area is 204 Å². The van der Waals surface area contributed by atoms with Gasteiger partial charge in [-0.1, -0.05) is 6.07 Å². The van der Waals surface area contributed by atoms with Crippen LogP contribution in [-0.2, 0) is 11.3 Å². The molecule has 5 rings (SSSR count). The number of anilines is 2. The zero-order chi connectivity index (χ0) is 25.5. The summed E-state index contributed by atoms with van der Waals surface area (Å²) in [4.78, 5) is 25.5. The third-order valence-corrected chi connectivity index (χ3v) is 7.04. The van der Waals surface area contributed by atoms with Crippen molar-refractivity contribution < 1.29 is 27.8 Å². The minimum atomic E-state index is -4.70. The van der Waals surface area contributed by atoms with E-state index in [-0.39, 0.29) is 22.8 Å². The van der Waals surface area contributed by atoms with E-state index in [0.717, 1.165) is 12.8 Å². The van der Waals surface area contributed by atoms with E-state index < -0.39 is 24.3 Å². The number of fused-ring (bicyclic) bond motifs is 1. The number of aliphatic carboxylic acids is 1. The van der Waals surface area contributed by atoms with Crippen molar-refractivity contribution in [2.75, 3.05) is 30.3 Å². The molecule has 0 aliphatic carbocycles. The first kappa shape index (κ1) is 24.1. The summed E-state index contributed by atoms with van der Waals surface area (Å²) in [6.45, 7) is 2.10. The lowest BCUT2D eigenvalue weighted by molar-refractivity contribution is -0.198. The molecule has 2 atom stereocenters. The molecule has 13 heteroatoms. The number of alkyl halides is 3. The summed E-state index contributed by atoms with van der Waals surface area (Å²) in [7, 11) is 0. The Morgan fingerprint density at radius 2 is 2.03 bits per heavy atom. The predicted octanol–water partition coefficient (Wildman–Crippen LogP) is 2.54. The summed E-state index contributed by atoms with van der Waals surface area (Å²) < 4.78 is 47.5. The Bertz CT molecular complexity index is 1180. The number of carboxylic acids is 1. The van der Waals surface area contributed by atoms with Crippen molar-refractivity contribution >= 4 is 29.8 Å². The highest BCUT2D eigenvalue weighted by molar-refractivity contribution is 5.74. The van der Waals surface area contributed by atoms with Gasteiger partial charge >= 0.3 is 12.1 Å². The summed E-state index contributed by atoms with van der Waals surface area (Å²) >= 11 is 0. The minimum Gasteiger partial charge on any atom is -0.480 e. The molecule has 1 unspecified atom stereocenters. The monoisotopic (exact) mass is 505 g/mol. The molecule has 2 aromatic rings. The summed E-state index contributed by atoms with van der Waals surface area (Å²) in [6, 6.07) is 5.10. The number of benzene rings is 1. The highest BCUT2D eigenvalue weighted by atomic mass is 19.4. The molecule has 36 heavy (non-hydrogen) atoms. The number of hydrogen-bond acceptors (Lipinski definition) is 9. The van der Waals surface area contributed by atoms with Crippen molar-refractivity contribution in [1.29, 1.82) is 0 Å². The number of nitrogens with zero attached hydrogens (tertiary/aromatic N) is 4. The lowest BCUT2D eigenvalue weighted by Crippen LogP contribution is -2.41. The van der Waals surface area contributed by atoms with Crippen LogP contribution in [0.1, 0.15) is 36.5 Å². The van der Waals surface area contributed by atoms with Crippen LogP contribution in [0.3, 0.4) is 0 Å².